The summed E-state index contributed by atoms with van der Waals surface area (Å²) in [7, 11) is 0. The predicted octanol–water partition coefficient (Wildman–Crippen LogP) is 4.37. The highest BCUT2D eigenvalue weighted by Gasteiger charge is 2.47. The van der Waals surface area contributed by atoms with E-state index < -0.39 is 11.7 Å². The first-order chi connectivity index (χ1) is 13.4. The number of amides is 1. The van der Waals surface area contributed by atoms with E-state index in [1.165, 1.54) is 12.1 Å². The molecule has 1 aliphatic carbocycles. The fourth-order valence-corrected chi connectivity index (χ4v) is 3.69. The maximum atomic E-state index is 13.2. The van der Waals surface area contributed by atoms with Gasteiger partial charge in [0.15, 0.2) is 0 Å². The zero-order valence-electron chi connectivity index (χ0n) is 15.1. The summed E-state index contributed by atoms with van der Waals surface area (Å²) in [4.78, 5) is 16.6. The normalized spacial score (nSPS) is 19.0. The molecule has 1 aliphatic rings. The van der Waals surface area contributed by atoms with Gasteiger partial charge in [0, 0.05) is 19.0 Å². The molecule has 1 N–H and O–H groups in total. The third-order valence-corrected chi connectivity index (χ3v) is 5.20. The smallest absolute Gasteiger partial charge is 0.356 e. The molecule has 0 bridgehead atoms. The summed E-state index contributed by atoms with van der Waals surface area (Å²) in [6.45, 7) is 1.20. The Labute approximate surface area is 160 Å². The fourth-order valence-electron chi connectivity index (χ4n) is 3.69. The van der Waals surface area contributed by atoms with Crippen molar-refractivity contribution in [2.45, 2.75) is 31.5 Å². The van der Waals surface area contributed by atoms with E-state index in [4.69, 9.17) is 0 Å². The lowest BCUT2D eigenvalue weighted by Crippen LogP contribution is -2.27. The highest BCUT2D eigenvalue weighted by molar-refractivity contribution is 5.83. The van der Waals surface area contributed by atoms with Crippen molar-refractivity contribution in [1.82, 2.24) is 14.9 Å². The average Bonchev–Trinajstić information content (AvgIpc) is 3.38. The monoisotopic (exact) mass is 387 g/mol. The topological polar surface area (TPSA) is 46.9 Å². The van der Waals surface area contributed by atoms with Gasteiger partial charge in [-0.1, -0.05) is 30.3 Å². The van der Waals surface area contributed by atoms with E-state index in [0.29, 0.717) is 19.5 Å². The van der Waals surface area contributed by atoms with Gasteiger partial charge in [-0.05, 0) is 42.5 Å². The maximum absolute atomic E-state index is 13.2. The van der Waals surface area contributed by atoms with E-state index in [2.05, 4.69) is 10.3 Å². The molecular weight excluding hydrogens is 367 g/mol. The Bertz CT molecular complexity index is 996. The summed E-state index contributed by atoms with van der Waals surface area (Å²) in [5.41, 5.74) is 1.55. The summed E-state index contributed by atoms with van der Waals surface area (Å²) in [5, 5.41) is 2.86. The van der Waals surface area contributed by atoms with E-state index in [1.807, 2.05) is 28.8 Å². The van der Waals surface area contributed by atoms with E-state index >= 15 is 0 Å². The molecule has 7 heteroatoms. The van der Waals surface area contributed by atoms with E-state index in [0.717, 1.165) is 23.5 Å². The van der Waals surface area contributed by atoms with Crippen LogP contribution in [0.15, 0.2) is 54.9 Å². The largest absolute Gasteiger partial charge is 0.416 e. The number of alkyl halides is 3. The zero-order valence-corrected chi connectivity index (χ0v) is 15.1. The van der Waals surface area contributed by atoms with Gasteiger partial charge in [0.2, 0.25) is 5.91 Å². The van der Waals surface area contributed by atoms with Crippen LogP contribution in [0.5, 0.6) is 0 Å². The second-order valence-corrected chi connectivity index (χ2v) is 7.10. The molecule has 3 aromatic rings. The number of hydrogen-bond acceptors (Lipinski definition) is 2. The zero-order chi connectivity index (χ0) is 19.7. The Hall–Kier alpha value is -2.83. The summed E-state index contributed by atoms with van der Waals surface area (Å²) >= 11 is 0. The fraction of sp³-hybridized carbons (Fsp3) is 0.333. The van der Waals surface area contributed by atoms with Crippen molar-refractivity contribution in [3.05, 3.63) is 66.0 Å². The van der Waals surface area contributed by atoms with Gasteiger partial charge in [-0.3, -0.25) is 4.79 Å². The number of hydrogen-bond donors (Lipinski definition) is 1. The number of aromatic nitrogens is 2. The second-order valence-electron chi connectivity index (χ2n) is 7.10. The highest BCUT2D eigenvalue weighted by Crippen LogP contribution is 2.51. The molecule has 2 unspecified atom stereocenters. The molecule has 1 fully saturated rings. The van der Waals surface area contributed by atoms with E-state index in [9.17, 15) is 18.0 Å². The van der Waals surface area contributed by atoms with Gasteiger partial charge in [0.25, 0.3) is 0 Å². The summed E-state index contributed by atoms with van der Waals surface area (Å²) in [6.07, 6.45) is -1.43. The molecule has 4 rings (SSSR count). The highest BCUT2D eigenvalue weighted by atomic mass is 19.4. The maximum Gasteiger partial charge on any atom is 0.416 e. The Morgan fingerprint density at radius 2 is 1.89 bits per heavy atom. The number of carbonyl (C=O) groups is 1. The van der Waals surface area contributed by atoms with E-state index in [-0.39, 0.29) is 23.3 Å². The number of benzene rings is 2. The molecule has 2 aromatic carbocycles. The molecule has 0 saturated heterocycles. The van der Waals surface area contributed by atoms with Crippen molar-refractivity contribution in [2.24, 2.45) is 5.92 Å². The van der Waals surface area contributed by atoms with Gasteiger partial charge in [-0.25, -0.2) is 4.98 Å². The lowest BCUT2D eigenvalue weighted by atomic mass is 10.0. The minimum atomic E-state index is -4.40. The SMILES string of the molecule is O=C(NCCCn1cnc2ccccc21)C1CC1c1ccccc1C(F)(F)F. The van der Waals surface area contributed by atoms with Crippen LogP contribution in [-0.2, 0) is 17.5 Å². The second kappa shape index (κ2) is 7.30. The standard InChI is InChI=1S/C21H20F3N3O/c22-21(23,24)17-7-2-1-6-14(17)15-12-16(15)20(28)25-10-5-11-27-13-26-18-8-3-4-9-19(18)27/h1-4,6-9,13,15-16H,5,10-12H2,(H,25,28). The van der Waals surface area contributed by atoms with Gasteiger partial charge in [0.05, 0.1) is 22.9 Å². The van der Waals surface area contributed by atoms with Crippen LogP contribution >= 0.6 is 0 Å². The first kappa shape index (κ1) is 18.5. The summed E-state index contributed by atoms with van der Waals surface area (Å²) in [5.74, 6) is -0.898. The molecule has 1 aromatic heterocycles. The van der Waals surface area contributed by atoms with Crippen molar-refractivity contribution >= 4 is 16.9 Å². The summed E-state index contributed by atoms with van der Waals surface area (Å²) in [6, 6.07) is 13.4. The molecule has 1 heterocycles. The van der Waals surface area contributed by atoms with Gasteiger partial charge in [-0.2, -0.15) is 13.2 Å². The minimum absolute atomic E-state index is 0.169. The molecule has 1 saturated carbocycles. The van der Waals surface area contributed by atoms with Crippen molar-refractivity contribution in [1.29, 1.82) is 0 Å². The molecular formula is C21H20F3N3O. The number of aryl methyl sites for hydroxylation is 1. The quantitative estimate of drug-likeness (QED) is 0.639. The first-order valence-electron chi connectivity index (χ1n) is 9.29. The molecule has 28 heavy (non-hydrogen) atoms. The Morgan fingerprint density at radius 3 is 2.71 bits per heavy atom. The molecule has 4 nitrogen and oxygen atoms in total. The number of halogens is 3. The molecule has 0 spiro atoms. The number of fused-ring (bicyclic) bond motifs is 1. The lowest BCUT2D eigenvalue weighted by Gasteiger charge is -2.12. The molecule has 2 atom stereocenters. The average molecular weight is 387 g/mol. The van der Waals surface area contributed by atoms with E-state index in [1.54, 1.807) is 12.4 Å². The van der Waals surface area contributed by atoms with Gasteiger partial charge >= 0.3 is 6.18 Å². The van der Waals surface area contributed by atoms with Gasteiger partial charge < -0.3 is 9.88 Å². The Kier molecular flexibility index (Phi) is 4.83. The van der Waals surface area contributed by atoms with Crippen molar-refractivity contribution in [2.75, 3.05) is 6.54 Å². The van der Waals surface area contributed by atoms with Crippen LogP contribution in [0.2, 0.25) is 0 Å². The van der Waals surface area contributed by atoms with Crippen LogP contribution in [0.1, 0.15) is 29.9 Å². The van der Waals surface area contributed by atoms with Crippen LogP contribution < -0.4 is 5.32 Å². The number of carbonyl (C=O) groups excluding carboxylic acids is 1. The Balaban J connectivity index is 1.29. The van der Waals surface area contributed by atoms with Gasteiger partial charge in [0.1, 0.15) is 0 Å². The van der Waals surface area contributed by atoms with Gasteiger partial charge in [-0.15, -0.1) is 0 Å². The number of nitrogens with zero attached hydrogens (tertiary/aromatic N) is 2. The number of rotatable bonds is 6. The molecule has 0 radical (unpaired) electrons. The number of para-hydroxylation sites is 2. The minimum Gasteiger partial charge on any atom is -0.356 e. The molecule has 146 valence electrons. The summed E-state index contributed by atoms with van der Waals surface area (Å²) < 4.78 is 41.5. The van der Waals surface area contributed by atoms with Crippen molar-refractivity contribution in [3.63, 3.8) is 0 Å². The first-order valence-corrected chi connectivity index (χ1v) is 9.29. The van der Waals surface area contributed by atoms with Crippen LogP contribution in [0.4, 0.5) is 13.2 Å². The number of nitrogens with one attached hydrogen (secondary N) is 1. The predicted molar refractivity (Wildman–Crippen MR) is 99.7 cm³/mol. The molecule has 0 aliphatic heterocycles. The molecule has 1 amide bonds. The van der Waals surface area contributed by atoms with Crippen LogP contribution in [0.3, 0.4) is 0 Å². The van der Waals surface area contributed by atoms with Crippen molar-refractivity contribution < 1.29 is 18.0 Å². The number of imidazole rings is 1. The van der Waals surface area contributed by atoms with Crippen LogP contribution in [0.25, 0.3) is 11.0 Å². The van der Waals surface area contributed by atoms with Crippen molar-refractivity contribution in [3.8, 4) is 0 Å². The van der Waals surface area contributed by atoms with Crippen LogP contribution in [-0.4, -0.2) is 22.0 Å². The lowest BCUT2D eigenvalue weighted by molar-refractivity contribution is -0.138. The Morgan fingerprint density at radius 1 is 1.14 bits per heavy atom. The van der Waals surface area contributed by atoms with Crippen LogP contribution in [0, 0.1) is 5.92 Å². The third-order valence-electron chi connectivity index (χ3n) is 5.20. The third kappa shape index (κ3) is 3.74.